The Bertz CT molecular complexity index is 2480. The molecule has 0 saturated heterocycles. The van der Waals surface area contributed by atoms with Gasteiger partial charge in [-0.15, -0.1) is 0 Å². The average Bonchev–Trinajstić information content (AvgIpc) is 3.68. The molecular formula is C41H27N3. The first-order valence-electron chi connectivity index (χ1n) is 15.0. The molecule has 3 aromatic heterocycles. The number of pyridine rings is 1. The summed E-state index contributed by atoms with van der Waals surface area (Å²) in [4.78, 5) is 0. The van der Waals surface area contributed by atoms with Crippen molar-refractivity contribution in [2.45, 2.75) is 0 Å². The molecule has 0 amide bonds. The van der Waals surface area contributed by atoms with Crippen LogP contribution in [0.3, 0.4) is 0 Å². The number of nitrogens with zero attached hydrogens (tertiary/aromatic N) is 3. The molecule has 9 rings (SSSR count). The molecule has 0 aliphatic rings. The van der Waals surface area contributed by atoms with Crippen molar-refractivity contribution in [2.75, 3.05) is 0 Å². The smallest absolute Gasteiger partial charge is 0.118 e. The van der Waals surface area contributed by atoms with Crippen LogP contribution in [0.25, 0.3) is 77.4 Å². The molecule has 9 aromatic rings. The van der Waals surface area contributed by atoms with E-state index in [-0.39, 0.29) is 0 Å². The minimum Gasteiger partial charge on any atom is -0.308 e. The van der Waals surface area contributed by atoms with E-state index in [4.69, 9.17) is 5.10 Å². The van der Waals surface area contributed by atoms with E-state index in [0.29, 0.717) is 0 Å². The first-order valence-corrected chi connectivity index (χ1v) is 15.0. The predicted octanol–water partition coefficient (Wildman–Crippen LogP) is 10.6. The zero-order chi connectivity index (χ0) is 29.0. The Balaban J connectivity index is 1.45. The van der Waals surface area contributed by atoms with E-state index < -0.39 is 0 Å². The van der Waals surface area contributed by atoms with E-state index in [1.165, 1.54) is 26.9 Å². The molecule has 0 aliphatic heterocycles. The molecule has 0 N–H and O–H groups in total. The van der Waals surface area contributed by atoms with Crippen LogP contribution in [0.4, 0.5) is 0 Å². The van der Waals surface area contributed by atoms with Gasteiger partial charge in [0.15, 0.2) is 0 Å². The van der Waals surface area contributed by atoms with Crippen LogP contribution in [-0.2, 0) is 0 Å². The van der Waals surface area contributed by atoms with Gasteiger partial charge in [-0.25, -0.2) is 4.52 Å². The van der Waals surface area contributed by atoms with Crippen LogP contribution in [0.1, 0.15) is 0 Å². The molecule has 0 radical (unpaired) electrons. The lowest BCUT2D eigenvalue weighted by atomic mass is 9.98. The zero-order valence-electron chi connectivity index (χ0n) is 23.9. The normalized spacial score (nSPS) is 11.6. The van der Waals surface area contributed by atoms with Gasteiger partial charge in [0.2, 0.25) is 0 Å². The fourth-order valence-electron chi connectivity index (χ4n) is 6.68. The van der Waals surface area contributed by atoms with Crippen LogP contribution < -0.4 is 0 Å². The van der Waals surface area contributed by atoms with Crippen molar-refractivity contribution >= 4 is 38.0 Å². The van der Waals surface area contributed by atoms with Crippen molar-refractivity contribution in [3.63, 3.8) is 0 Å². The second-order valence-corrected chi connectivity index (χ2v) is 11.3. The minimum atomic E-state index is 0.953. The topological polar surface area (TPSA) is 22.2 Å². The zero-order valence-corrected chi connectivity index (χ0v) is 23.9. The van der Waals surface area contributed by atoms with Crippen LogP contribution in [-0.4, -0.2) is 14.2 Å². The van der Waals surface area contributed by atoms with Crippen molar-refractivity contribution in [1.82, 2.24) is 14.2 Å². The lowest BCUT2D eigenvalue weighted by molar-refractivity contribution is 0.970. The number of para-hydroxylation sites is 2. The fraction of sp³-hybridized carbons (Fsp3) is 0. The molecule has 206 valence electrons. The third-order valence-electron chi connectivity index (χ3n) is 8.70. The number of benzene rings is 6. The number of hydrogen-bond donors (Lipinski definition) is 0. The third-order valence-corrected chi connectivity index (χ3v) is 8.70. The molecule has 3 nitrogen and oxygen atoms in total. The predicted molar refractivity (Wildman–Crippen MR) is 183 cm³/mol. The van der Waals surface area contributed by atoms with E-state index in [1.54, 1.807) is 0 Å². The molecule has 0 aliphatic carbocycles. The van der Waals surface area contributed by atoms with Gasteiger partial charge in [0.1, 0.15) is 5.69 Å². The maximum absolute atomic E-state index is 5.54. The van der Waals surface area contributed by atoms with Crippen molar-refractivity contribution in [3.05, 3.63) is 164 Å². The molecule has 0 bridgehead atoms. The molecule has 0 fully saturated rings. The van der Waals surface area contributed by atoms with Gasteiger partial charge >= 0.3 is 0 Å². The lowest BCUT2D eigenvalue weighted by Gasteiger charge is -2.12. The van der Waals surface area contributed by atoms with E-state index in [9.17, 15) is 0 Å². The van der Waals surface area contributed by atoms with E-state index in [0.717, 1.165) is 50.5 Å². The molecule has 6 aromatic carbocycles. The average molecular weight is 562 g/mol. The van der Waals surface area contributed by atoms with Gasteiger partial charge in [0.25, 0.3) is 0 Å². The molecule has 0 unspecified atom stereocenters. The minimum absolute atomic E-state index is 0.953. The Hall–Kier alpha value is -5.93. The van der Waals surface area contributed by atoms with Crippen molar-refractivity contribution in [2.24, 2.45) is 0 Å². The molecular weight excluding hydrogens is 534 g/mol. The number of fused-ring (bicyclic) bond motifs is 5. The van der Waals surface area contributed by atoms with Gasteiger partial charge in [-0.3, -0.25) is 0 Å². The Labute approximate surface area is 254 Å². The standard InChI is InChI=1S/C41H27N3/c1-3-14-29(15-4-1)39-40(38-27-32-18-10-12-22-36(32)43(38)34-19-5-2-6-20-34)42-44-37(26-31-17-9-11-21-35(31)41(39)44)33-24-23-28-13-7-8-16-30(28)25-33/h1-27H. The Morgan fingerprint density at radius 3 is 1.89 bits per heavy atom. The van der Waals surface area contributed by atoms with Crippen LogP contribution in [0.2, 0.25) is 0 Å². The molecule has 3 heteroatoms. The maximum atomic E-state index is 5.54. The summed E-state index contributed by atoms with van der Waals surface area (Å²) in [6.07, 6.45) is 0. The Morgan fingerprint density at radius 1 is 0.432 bits per heavy atom. The molecule has 0 spiro atoms. The largest absolute Gasteiger partial charge is 0.308 e. The summed E-state index contributed by atoms with van der Waals surface area (Å²) in [5.74, 6) is 0. The van der Waals surface area contributed by atoms with Crippen LogP contribution in [0.5, 0.6) is 0 Å². The van der Waals surface area contributed by atoms with Crippen LogP contribution >= 0.6 is 0 Å². The van der Waals surface area contributed by atoms with Gasteiger partial charge in [0.05, 0.1) is 22.4 Å². The summed E-state index contributed by atoms with van der Waals surface area (Å²) in [6.45, 7) is 0. The molecule has 0 atom stereocenters. The highest BCUT2D eigenvalue weighted by atomic mass is 15.2. The van der Waals surface area contributed by atoms with Gasteiger partial charge in [-0.2, -0.15) is 5.10 Å². The van der Waals surface area contributed by atoms with Crippen LogP contribution in [0.15, 0.2) is 164 Å². The number of rotatable bonds is 4. The van der Waals surface area contributed by atoms with Gasteiger partial charge in [-0.05, 0) is 58.1 Å². The monoisotopic (exact) mass is 561 g/mol. The fourth-order valence-corrected chi connectivity index (χ4v) is 6.68. The van der Waals surface area contributed by atoms with Gasteiger partial charge in [0, 0.05) is 27.6 Å². The quantitative estimate of drug-likeness (QED) is 0.209. The Kier molecular flexibility index (Phi) is 5.50. The molecule has 0 saturated carbocycles. The van der Waals surface area contributed by atoms with Gasteiger partial charge in [-0.1, -0.05) is 127 Å². The van der Waals surface area contributed by atoms with Crippen molar-refractivity contribution in [3.8, 4) is 39.5 Å². The summed E-state index contributed by atoms with van der Waals surface area (Å²) in [5, 5.41) is 11.5. The van der Waals surface area contributed by atoms with E-state index in [2.05, 4.69) is 173 Å². The Morgan fingerprint density at radius 2 is 1.07 bits per heavy atom. The number of hydrogen-bond acceptors (Lipinski definition) is 1. The first-order chi connectivity index (χ1) is 21.8. The van der Waals surface area contributed by atoms with Gasteiger partial charge < -0.3 is 4.57 Å². The SMILES string of the molecule is c1ccc(-c2c(-c3cc4ccccc4n3-c3ccccc3)nn3c(-c4ccc5ccccc5c4)cc4ccccc4c23)cc1. The second-order valence-electron chi connectivity index (χ2n) is 11.3. The lowest BCUT2D eigenvalue weighted by Crippen LogP contribution is -1.98. The highest BCUT2D eigenvalue weighted by Crippen LogP contribution is 2.43. The van der Waals surface area contributed by atoms with Crippen LogP contribution in [0, 0.1) is 0 Å². The first kappa shape index (κ1) is 24.6. The summed E-state index contributed by atoms with van der Waals surface area (Å²) in [7, 11) is 0. The highest BCUT2D eigenvalue weighted by molar-refractivity contribution is 6.09. The summed E-state index contributed by atoms with van der Waals surface area (Å²) < 4.78 is 4.53. The molecule has 44 heavy (non-hydrogen) atoms. The van der Waals surface area contributed by atoms with Crippen molar-refractivity contribution in [1.29, 1.82) is 0 Å². The van der Waals surface area contributed by atoms with E-state index in [1.807, 2.05) is 0 Å². The summed E-state index contributed by atoms with van der Waals surface area (Å²) in [6, 6.07) is 58.4. The maximum Gasteiger partial charge on any atom is 0.118 e. The molecule has 3 heterocycles. The summed E-state index contributed by atoms with van der Waals surface area (Å²) >= 11 is 0. The summed E-state index contributed by atoms with van der Waals surface area (Å²) in [5.41, 5.74) is 9.86. The second kappa shape index (κ2) is 9.82. The third kappa shape index (κ3) is 3.80. The highest BCUT2D eigenvalue weighted by Gasteiger charge is 2.24. The van der Waals surface area contributed by atoms with Crippen molar-refractivity contribution < 1.29 is 0 Å². The van der Waals surface area contributed by atoms with E-state index >= 15 is 0 Å². The number of aromatic nitrogens is 3.